The number of hydrogen-bond acceptors (Lipinski definition) is 3. The summed E-state index contributed by atoms with van der Waals surface area (Å²) in [7, 11) is 0. The first kappa shape index (κ1) is 17.2. The third-order valence-corrected chi connectivity index (χ3v) is 6.43. The average molecular weight is 383 g/mol. The van der Waals surface area contributed by atoms with Crippen LogP contribution in [0, 0.1) is 0 Å². The Bertz CT molecular complexity index is 1010. The Morgan fingerprint density at radius 1 is 0.679 bits per heavy atom. The molecule has 0 bridgehead atoms. The van der Waals surface area contributed by atoms with Crippen LogP contribution < -0.4 is 4.90 Å². The summed E-state index contributed by atoms with van der Waals surface area (Å²) in [4.78, 5) is 8.80. The van der Waals surface area contributed by atoms with Gasteiger partial charge in [0.25, 0.3) is 0 Å². The number of hydrogen-bond donors (Lipinski definition) is 0. The minimum absolute atomic E-state index is 1.07. The van der Waals surface area contributed by atoms with Gasteiger partial charge in [-0.05, 0) is 30.5 Å². The molecule has 1 aliphatic heterocycles. The topological polar surface area (TPSA) is 16.1 Å². The molecule has 0 amide bonds. The molecule has 0 atom stereocenters. The standard InChI is InChI=1S/C25H22N2S/c1-3-10-19(11-4-1)23-24(20-12-5-2-6-13-20)28-25(26-23)21-14-9-15-22(18-21)27-16-7-8-17-27/h1-6,9-15,18H,7-8,16-17H2. The molecule has 0 saturated carbocycles. The molecule has 4 aromatic rings. The van der Waals surface area contributed by atoms with Crippen LogP contribution in [0.2, 0.25) is 0 Å². The lowest BCUT2D eigenvalue weighted by molar-refractivity contribution is 0.949. The van der Waals surface area contributed by atoms with E-state index >= 15 is 0 Å². The Morgan fingerprint density at radius 3 is 2.04 bits per heavy atom. The van der Waals surface area contributed by atoms with E-state index in [0.717, 1.165) is 23.8 Å². The van der Waals surface area contributed by atoms with Gasteiger partial charge in [-0.25, -0.2) is 4.98 Å². The quantitative estimate of drug-likeness (QED) is 0.388. The first-order valence-corrected chi connectivity index (χ1v) is 10.7. The van der Waals surface area contributed by atoms with Crippen molar-refractivity contribution < 1.29 is 0 Å². The lowest BCUT2D eigenvalue weighted by Gasteiger charge is -2.17. The van der Waals surface area contributed by atoms with Crippen LogP contribution in [0.3, 0.4) is 0 Å². The second kappa shape index (κ2) is 7.61. The number of thiazole rings is 1. The minimum atomic E-state index is 1.07. The summed E-state index contributed by atoms with van der Waals surface area (Å²) in [6, 6.07) is 30.0. The van der Waals surface area contributed by atoms with Crippen molar-refractivity contribution in [2.75, 3.05) is 18.0 Å². The monoisotopic (exact) mass is 382 g/mol. The fourth-order valence-electron chi connectivity index (χ4n) is 3.83. The van der Waals surface area contributed by atoms with E-state index in [1.807, 2.05) is 0 Å². The summed E-state index contributed by atoms with van der Waals surface area (Å²) in [6.07, 6.45) is 2.58. The van der Waals surface area contributed by atoms with E-state index in [0.29, 0.717) is 0 Å². The Labute approximate surface area is 170 Å². The van der Waals surface area contributed by atoms with E-state index < -0.39 is 0 Å². The minimum Gasteiger partial charge on any atom is -0.372 e. The van der Waals surface area contributed by atoms with E-state index in [1.165, 1.54) is 40.1 Å². The van der Waals surface area contributed by atoms with Crippen molar-refractivity contribution in [3.05, 3.63) is 84.9 Å². The summed E-state index contributed by atoms with van der Waals surface area (Å²) in [5.41, 5.74) is 5.97. The summed E-state index contributed by atoms with van der Waals surface area (Å²) in [5.74, 6) is 0. The molecule has 0 aliphatic carbocycles. The summed E-state index contributed by atoms with van der Waals surface area (Å²) in [6.45, 7) is 2.32. The zero-order valence-corrected chi connectivity index (χ0v) is 16.5. The molecular weight excluding hydrogens is 360 g/mol. The Kier molecular flexibility index (Phi) is 4.67. The first-order valence-electron chi connectivity index (χ1n) is 9.85. The SMILES string of the molecule is c1ccc(-c2nc(-c3cccc(N4CCCC4)c3)sc2-c2ccccc2)cc1. The molecule has 0 spiro atoms. The van der Waals surface area contributed by atoms with E-state index in [9.17, 15) is 0 Å². The van der Waals surface area contributed by atoms with Gasteiger partial charge < -0.3 is 4.90 Å². The Morgan fingerprint density at radius 2 is 1.32 bits per heavy atom. The molecule has 1 aliphatic rings. The van der Waals surface area contributed by atoms with Gasteiger partial charge in [0.1, 0.15) is 5.01 Å². The van der Waals surface area contributed by atoms with Crippen molar-refractivity contribution in [3.63, 3.8) is 0 Å². The van der Waals surface area contributed by atoms with Gasteiger partial charge in [0.05, 0.1) is 10.6 Å². The molecule has 0 N–H and O–H groups in total. The molecule has 0 radical (unpaired) electrons. The van der Waals surface area contributed by atoms with Crippen molar-refractivity contribution in [2.24, 2.45) is 0 Å². The normalized spacial score (nSPS) is 13.8. The molecule has 28 heavy (non-hydrogen) atoms. The molecule has 3 heteroatoms. The van der Waals surface area contributed by atoms with Crippen LogP contribution in [0.25, 0.3) is 32.3 Å². The van der Waals surface area contributed by atoms with Crippen molar-refractivity contribution in [2.45, 2.75) is 12.8 Å². The number of benzene rings is 3. The molecule has 1 saturated heterocycles. The maximum atomic E-state index is 5.09. The number of rotatable bonds is 4. The zero-order valence-electron chi connectivity index (χ0n) is 15.7. The predicted octanol–water partition coefficient (Wildman–Crippen LogP) is 6.74. The van der Waals surface area contributed by atoms with Crippen molar-refractivity contribution >= 4 is 17.0 Å². The van der Waals surface area contributed by atoms with Crippen LogP contribution in [0.1, 0.15) is 12.8 Å². The van der Waals surface area contributed by atoms with E-state index in [1.54, 1.807) is 11.3 Å². The van der Waals surface area contributed by atoms with E-state index in [2.05, 4.69) is 89.8 Å². The van der Waals surface area contributed by atoms with Gasteiger partial charge in [-0.2, -0.15) is 0 Å². The maximum Gasteiger partial charge on any atom is 0.124 e. The third-order valence-electron chi connectivity index (χ3n) is 5.27. The average Bonchev–Trinajstić information content (AvgIpc) is 3.46. The van der Waals surface area contributed by atoms with Gasteiger partial charge in [-0.3, -0.25) is 0 Å². The second-order valence-corrected chi connectivity index (χ2v) is 8.17. The van der Waals surface area contributed by atoms with Gasteiger partial charge in [0.15, 0.2) is 0 Å². The first-order chi connectivity index (χ1) is 13.9. The van der Waals surface area contributed by atoms with Crippen molar-refractivity contribution in [1.29, 1.82) is 0 Å². The highest BCUT2D eigenvalue weighted by Crippen LogP contribution is 2.41. The molecule has 138 valence electrons. The van der Waals surface area contributed by atoms with E-state index in [4.69, 9.17) is 4.98 Å². The van der Waals surface area contributed by atoms with Crippen molar-refractivity contribution in [1.82, 2.24) is 4.98 Å². The lowest BCUT2D eigenvalue weighted by atomic mass is 10.1. The smallest absolute Gasteiger partial charge is 0.124 e. The molecule has 3 aromatic carbocycles. The molecule has 2 nitrogen and oxygen atoms in total. The fraction of sp³-hybridized carbons (Fsp3) is 0.160. The molecule has 2 heterocycles. The highest BCUT2D eigenvalue weighted by Gasteiger charge is 2.17. The number of aromatic nitrogens is 1. The molecule has 1 fully saturated rings. The number of nitrogens with zero attached hydrogens (tertiary/aromatic N) is 2. The lowest BCUT2D eigenvalue weighted by Crippen LogP contribution is -2.17. The van der Waals surface area contributed by atoms with Crippen LogP contribution in [0.5, 0.6) is 0 Å². The van der Waals surface area contributed by atoms with Gasteiger partial charge in [0, 0.05) is 29.9 Å². The summed E-state index contributed by atoms with van der Waals surface area (Å²) in [5, 5.41) is 1.08. The van der Waals surface area contributed by atoms with Crippen LogP contribution in [0.15, 0.2) is 84.9 Å². The third kappa shape index (κ3) is 3.34. The molecular formula is C25H22N2S. The maximum absolute atomic E-state index is 5.09. The number of anilines is 1. The summed E-state index contributed by atoms with van der Waals surface area (Å²) >= 11 is 1.78. The molecule has 0 unspecified atom stereocenters. The van der Waals surface area contributed by atoms with Gasteiger partial charge >= 0.3 is 0 Å². The Hall–Kier alpha value is -2.91. The van der Waals surface area contributed by atoms with Crippen LogP contribution >= 0.6 is 11.3 Å². The second-order valence-electron chi connectivity index (χ2n) is 7.17. The molecule has 5 rings (SSSR count). The highest BCUT2D eigenvalue weighted by molar-refractivity contribution is 7.19. The van der Waals surface area contributed by atoms with Gasteiger partial charge in [-0.1, -0.05) is 72.8 Å². The zero-order chi connectivity index (χ0) is 18.8. The van der Waals surface area contributed by atoms with Crippen LogP contribution in [-0.2, 0) is 0 Å². The highest BCUT2D eigenvalue weighted by atomic mass is 32.1. The molecule has 1 aromatic heterocycles. The van der Waals surface area contributed by atoms with Gasteiger partial charge in [0.2, 0.25) is 0 Å². The largest absolute Gasteiger partial charge is 0.372 e. The van der Waals surface area contributed by atoms with Gasteiger partial charge in [-0.15, -0.1) is 11.3 Å². The van der Waals surface area contributed by atoms with E-state index in [-0.39, 0.29) is 0 Å². The van der Waals surface area contributed by atoms with Crippen LogP contribution in [-0.4, -0.2) is 18.1 Å². The van der Waals surface area contributed by atoms with Crippen LogP contribution in [0.4, 0.5) is 5.69 Å². The fourth-order valence-corrected chi connectivity index (χ4v) is 4.92. The van der Waals surface area contributed by atoms with Crippen molar-refractivity contribution in [3.8, 4) is 32.3 Å². The Balaban J connectivity index is 1.61. The summed E-state index contributed by atoms with van der Waals surface area (Å²) < 4.78 is 0. The predicted molar refractivity (Wildman–Crippen MR) is 120 cm³/mol.